The number of amides is 1. The molecule has 1 amide bonds. The minimum atomic E-state index is -0.137. The van der Waals surface area contributed by atoms with Crippen LogP contribution in [0.15, 0.2) is 18.2 Å². The number of benzene rings is 1. The van der Waals surface area contributed by atoms with E-state index in [4.69, 9.17) is 15.3 Å². The number of rotatable bonds is 4. The lowest BCUT2D eigenvalue weighted by Gasteiger charge is -2.18. The molecule has 0 saturated carbocycles. The second-order valence-corrected chi connectivity index (χ2v) is 3.90. The lowest BCUT2D eigenvalue weighted by molar-refractivity contribution is -0.121. The molecule has 1 aromatic rings. The summed E-state index contributed by atoms with van der Waals surface area (Å²) < 4.78 is 10.9. The van der Waals surface area contributed by atoms with E-state index in [1.165, 1.54) is 0 Å². The molecule has 3 N–H and O–H groups in total. The van der Waals surface area contributed by atoms with Crippen LogP contribution in [0.5, 0.6) is 11.5 Å². The summed E-state index contributed by atoms with van der Waals surface area (Å²) in [6.45, 7) is 1.19. The summed E-state index contributed by atoms with van der Waals surface area (Å²) in [6, 6.07) is 5.87. The van der Waals surface area contributed by atoms with E-state index in [1.54, 1.807) is 0 Å². The van der Waals surface area contributed by atoms with Gasteiger partial charge in [0.05, 0.1) is 0 Å². The third-order valence-electron chi connectivity index (χ3n) is 2.64. The van der Waals surface area contributed by atoms with Crippen LogP contribution in [0.4, 0.5) is 0 Å². The van der Waals surface area contributed by atoms with E-state index in [1.807, 2.05) is 18.2 Å². The van der Waals surface area contributed by atoms with Crippen molar-refractivity contribution in [2.24, 2.45) is 5.84 Å². The van der Waals surface area contributed by atoms with E-state index >= 15 is 0 Å². The monoisotopic (exact) mass is 236 g/mol. The predicted octanol–water partition coefficient (Wildman–Crippen LogP) is 0.770. The van der Waals surface area contributed by atoms with Crippen LogP contribution in [-0.2, 0) is 11.2 Å². The van der Waals surface area contributed by atoms with Gasteiger partial charge >= 0.3 is 0 Å². The largest absolute Gasteiger partial charge is 0.486 e. The summed E-state index contributed by atoms with van der Waals surface area (Å²) in [5.74, 6) is 6.45. The molecule has 2 rings (SSSR count). The summed E-state index contributed by atoms with van der Waals surface area (Å²) in [4.78, 5) is 11.0. The number of fused-ring (bicyclic) bond motifs is 1. The molecule has 0 atom stereocenters. The van der Waals surface area contributed by atoms with Crippen molar-refractivity contribution < 1.29 is 14.3 Å². The number of ether oxygens (including phenoxy) is 2. The molecule has 0 fully saturated rings. The maximum Gasteiger partial charge on any atom is 0.233 e. The van der Waals surface area contributed by atoms with Gasteiger partial charge in [0.1, 0.15) is 13.2 Å². The summed E-state index contributed by atoms with van der Waals surface area (Å²) in [7, 11) is 0. The smallest absolute Gasteiger partial charge is 0.233 e. The highest BCUT2D eigenvalue weighted by Crippen LogP contribution is 2.31. The van der Waals surface area contributed by atoms with Gasteiger partial charge in [-0.25, -0.2) is 5.84 Å². The Morgan fingerprint density at radius 1 is 1.29 bits per heavy atom. The first kappa shape index (κ1) is 11.7. The van der Waals surface area contributed by atoms with E-state index in [9.17, 15) is 4.79 Å². The average Bonchev–Trinajstić information content (AvgIpc) is 2.38. The highest BCUT2D eigenvalue weighted by molar-refractivity contribution is 5.75. The SMILES string of the molecule is NNC(=O)CCCc1ccc2c(c1)OCCO2. The zero-order chi connectivity index (χ0) is 12.1. The molecule has 1 aromatic carbocycles. The molecule has 1 heterocycles. The van der Waals surface area contributed by atoms with E-state index in [0.29, 0.717) is 19.6 Å². The van der Waals surface area contributed by atoms with Crippen LogP contribution in [0.2, 0.25) is 0 Å². The third-order valence-corrected chi connectivity index (χ3v) is 2.64. The molecule has 1 aliphatic rings. The number of carbonyl (C=O) groups excluding carboxylic acids is 1. The van der Waals surface area contributed by atoms with Crippen LogP contribution < -0.4 is 20.7 Å². The highest BCUT2D eigenvalue weighted by atomic mass is 16.6. The highest BCUT2D eigenvalue weighted by Gasteiger charge is 2.11. The van der Waals surface area contributed by atoms with Gasteiger partial charge in [0.2, 0.25) is 5.91 Å². The summed E-state index contributed by atoms with van der Waals surface area (Å²) in [6.07, 6.45) is 2.03. The fourth-order valence-electron chi connectivity index (χ4n) is 1.77. The molecule has 5 heteroatoms. The third kappa shape index (κ3) is 3.10. The molecular weight excluding hydrogens is 220 g/mol. The van der Waals surface area contributed by atoms with Gasteiger partial charge in [-0.2, -0.15) is 0 Å². The van der Waals surface area contributed by atoms with Crippen molar-refractivity contribution in [1.29, 1.82) is 0 Å². The van der Waals surface area contributed by atoms with Crippen LogP contribution in [0, 0.1) is 0 Å². The first-order chi connectivity index (χ1) is 8.29. The molecule has 0 aliphatic carbocycles. The molecule has 0 radical (unpaired) electrons. The summed E-state index contributed by atoms with van der Waals surface area (Å²) >= 11 is 0. The van der Waals surface area contributed by atoms with Gasteiger partial charge in [0.15, 0.2) is 11.5 Å². The normalized spacial score (nSPS) is 13.2. The molecule has 5 nitrogen and oxygen atoms in total. The van der Waals surface area contributed by atoms with Crippen LogP contribution in [0.3, 0.4) is 0 Å². The van der Waals surface area contributed by atoms with E-state index in [0.717, 1.165) is 29.9 Å². The van der Waals surface area contributed by atoms with E-state index < -0.39 is 0 Å². The standard InChI is InChI=1S/C12H16N2O3/c13-14-12(15)3-1-2-9-4-5-10-11(8-9)17-7-6-16-10/h4-5,8H,1-3,6-7,13H2,(H,14,15). The molecule has 0 spiro atoms. The number of hydrazine groups is 1. The molecule has 0 unspecified atom stereocenters. The zero-order valence-corrected chi connectivity index (χ0v) is 9.57. The van der Waals surface area contributed by atoms with Crippen molar-refractivity contribution >= 4 is 5.91 Å². The van der Waals surface area contributed by atoms with Crippen molar-refractivity contribution in [2.45, 2.75) is 19.3 Å². The molecule has 0 bridgehead atoms. The van der Waals surface area contributed by atoms with Gasteiger partial charge < -0.3 is 9.47 Å². The number of nitrogens with one attached hydrogen (secondary N) is 1. The molecule has 0 aromatic heterocycles. The second-order valence-electron chi connectivity index (χ2n) is 3.90. The van der Waals surface area contributed by atoms with Crippen molar-refractivity contribution in [3.05, 3.63) is 23.8 Å². The number of aryl methyl sites for hydroxylation is 1. The minimum absolute atomic E-state index is 0.137. The maximum absolute atomic E-state index is 11.0. The van der Waals surface area contributed by atoms with E-state index in [2.05, 4.69) is 5.43 Å². The molecule has 92 valence electrons. The van der Waals surface area contributed by atoms with Gasteiger partial charge in [-0.15, -0.1) is 0 Å². The van der Waals surface area contributed by atoms with Gasteiger partial charge in [-0.1, -0.05) is 6.07 Å². The fourth-order valence-corrected chi connectivity index (χ4v) is 1.77. The molecule has 17 heavy (non-hydrogen) atoms. The van der Waals surface area contributed by atoms with Crippen molar-refractivity contribution in [3.8, 4) is 11.5 Å². The Bertz CT molecular complexity index is 407. The average molecular weight is 236 g/mol. The van der Waals surface area contributed by atoms with E-state index in [-0.39, 0.29) is 5.91 Å². The quantitative estimate of drug-likeness (QED) is 0.460. The molecular formula is C12H16N2O3. The number of carbonyl (C=O) groups is 1. The Morgan fingerprint density at radius 2 is 2.06 bits per heavy atom. The number of nitrogens with two attached hydrogens (primary N) is 1. The topological polar surface area (TPSA) is 73.6 Å². The molecule has 1 aliphatic heterocycles. The Balaban J connectivity index is 1.91. The van der Waals surface area contributed by atoms with Gasteiger partial charge in [-0.05, 0) is 30.5 Å². The first-order valence-electron chi connectivity index (χ1n) is 5.67. The Hall–Kier alpha value is -1.75. The van der Waals surface area contributed by atoms with Crippen LogP contribution in [0.25, 0.3) is 0 Å². The molecule has 0 saturated heterocycles. The maximum atomic E-state index is 11.0. The van der Waals surface area contributed by atoms with Crippen molar-refractivity contribution in [1.82, 2.24) is 5.43 Å². The van der Waals surface area contributed by atoms with Crippen LogP contribution >= 0.6 is 0 Å². The summed E-state index contributed by atoms with van der Waals surface area (Å²) in [5.41, 5.74) is 3.26. The predicted molar refractivity (Wildman–Crippen MR) is 62.7 cm³/mol. The number of hydrogen-bond donors (Lipinski definition) is 2. The van der Waals surface area contributed by atoms with Gasteiger partial charge in [0, 0.05) is 6.42 Å². The number of hydrogen-bond acceptors (Lipinski definition) is 4. The summed E-state index contributed by atoms with van der Waals surface area (Å²) in [5, 5.41) is 0. The van der Waals surface area contributed by atoms with Crippen LogP contribution in [0.1, 0.15) is 18.4 Å². The zero-order valence-electron chi connectivity index (χ0n) is 9.57. The lowest BCUT2D eigenvalue weighted by Crippen LogP contribution is -2.29. The fraction of sp³-hybridized carbons (Fsp3) is 0.417. The van der Waals surface area contributed by atoms with Crippen molar-refractivity contribution in [2.75, 3.05) is 13.2 Å². The lowest BCUT2D eigenvalue weighted by atomic mass is 10.1. The minimum Gasteiger partial charge on any atom is -0.486 e. The first-order valence-corrected chi connectivity index (χ1v) is 5.67. The van der Waals surface area contributed by atoms with Gasteiger partial charge in [0.25, 0.3) is 0 Å². The van der Waals surface area contributed by atoms with Gasteiger partial charge in [-0.3, -0.25) is 10.2 Å². The van der Waals surface area contributed by atoms with Crippen molar-refractivity contribution in [3.63, 3.8) is 0 Å². The Kier molecular flexibility index (Phi) is 3.82. The Morgan fingerprint density at radius 3 is 2.82 bits per heavy atom. The van der Waals surface area contributed by atoms with Crippen LogP contribution in [-0.4, -0.2) is 19.1 Å². The Labute approximate surface area is 99.9 Å². The second kappa shape index (κ2) is 5.54.